The number of hydrogen-bond donors (Lipinski definition) is 2. The molecule has 0 spiro atoms. The number of nitrogens with one attached hydrogen (secondary N) is 1. The zero-order valence-electron chi connectivity index (χ0n) is 11.1. The fourth-order valence-electron chi connectivity index (χ4n) is 2.58. The molecule has 6 nitrogen and oxygen atoms in total. The molecular formula is C12H22N4O2. The molecule has 0 saturated carbocycles. The van der Waals surface area contributed by atoms with Gasteiger partial charge in [0, 0.05) is 51.5 Å². The summed E-state index contributed by atoms with van der Waals surface area (Å²) in [6.45, 7) is 4.31. The average molecular weight is 254 g/mol. The molecule has 18 heavy (non-hydrogen) atoms. The quantitative estimate of drug-likeness (QED) is 0.594. The maximum atomic E-state index is 5.77. The second-order valence-corrected chi connectivity index (χ2v) is 4.61. The molecule has 0 aliphatic carbocycles. The molecule has 1 unspecified atom stereocenters. The molecule has 0 aromatic carbocycles. The van der Waals surface area contributed by atoms with Crippen molar-refractivity contribution >= 4 is 0 Å². The highest BCUT2D eigenvalue weighted by atomic mass is 16.5. The van der Waals surface area contributed by atoms with Crippen LogP contribution < -0.4 is 11.3 Å². The van der Waals surface area contributed by atoms with Crippen LogP contribution in [0.25, 0.3) is 0 Å². The van der Waals surface area contributed by atoms with Crippen molar-refractivity contribution in [1.29, 1.82) is 0 Å². The molecule has 1 aliphatic rings. The molecule has 2 rings (SSSR count). The summed E-state index contributed by atoms with van der Waals surface area (Å²) < 4.78 is 13.1. The Balaban J connectivity index is 2.24. The Morgan fingerprint density at radius 1 is 1.61 bits per heavy atom. The van der Waals surface area contributed by atoms with Crippen LogP contribution in [-0.2, 0) is 16.0 Å². The summed E-state index contributed by atoms with van der Waals surface area (Å²) in [6, 6.07) is -0.0632. The van der Waals surface area contributed by atoms with Crippen molar-refractivity contribution in [2.24, 2.45) is 5.84 Å². The Kier molecular flexibility index (Phi) is 4.34. The van der Waals surface area contributed by atoms with Crippen molar-refractivity contribution < 1.29 is 9.47 Å². The van der Waals surface area contributed by atoms with Gasteiger partial charge in [-0.1, -0.05) is 0 Å². The minimum Gasteiger partial charge on any atom is -0.381 e. The molecule has 0 radical (unpaired) electrons. The van der Waals surface area contributed by atoms with Crippen LogP contribution >= 0.6 is 0 Å². The van der Waals surface area contributed by atoms with E-state index in [1.165, 1.54) is 0 Å². The summed E-state index contributed by atoms with van der Waals surface area (Å²) in [5, 5.41) is 4.30. The molecule has 102 valence electrons. The van der Waals surface area contributed by atoms with Crippen LogP contribution in [0, 0.1) is 0 Å². The first-order chi connectivity index (χ1) is 8.75. The van der Waals surface area contributed by atoms with Crippen molar-refractivity contribution in [1.82, 2.24) is 15.2 Å². The highest BCUT2D eigenvalue weighted by Crippen LogP contribution is 2.36. The zero-order chi connectivity index (χ0) is 13.0. The summed E-state index contributed by atoms with van der Waals surface area (Å²) in [4.78, 5) is 0. The Hall–Kier alpha value is -0.950. The van der Waals surface area contributed by atoms with Gasteiger partial charge in [0.15, 0.2) is 0 Å². The third kappa shape index (κ3) is 2.42. The van der Waals surface area contributed by atoms with Gasteiger partial charge < -0.3 is 9.47 Å². The van der Waals surface area contributed by atoms with Gasteiger partial charge in [0.1, 0.15) is 0 Å². The summed E-state index contributed by atoms with van der Waals surface area (Å²) >= 11 is 0. The second-order valence-electron chi connectivity index (χ2n) is 4.61. The van der Waals surface area contributed by atoms with Crippen LogP contribution in [0.2, 0.25) is 0 Å². The van der Waals surface area contributed by atoms with Gasteiger partial charge in [-0.05, 0) is 6.92 Å². The lowest BCUT2D eigenvalue weighted by Gasteiger charge is -2.41. The molecule has 1 aliphatic heterocycles. The van der Waals surface area contributed by atoms with Crippen LogP contribution in [0.15, 0.2) is 12.4 Å². The van der Waals surface area contributed by atoms with Crippen LogP contribution in [0.1, 0.15) is 31.4 Å². The standard InChI is InChI=1S/C12H22N4O2/c1-3-16-9-10(8-14-16)11(15-13)12(17-2)4-6-18-7-5-12/h8-9,11,15H,3-7,13H2,1-2H3. The van der Waals surface area contributed by atoms with E-state index in [4.69, 9.17) is 15.3 Å². The Morgan fingerprint density at radius 3 is 2.83 bits per heavy atom. The molecule has 1 saturated heterocycles. The van der Waals surface area contributed by atoms with Crippen molar-refractivity contribution in [2.45, 2.75) is 38.0 Å². The van der Waals surface area contributed by atoms with E-state index in [-0.39, 0.29) is 11.6 Å². The van der Waals surface area contributed by atoms with E-state index in [9.17, 15) is 0 Å². The van der Waals surface area contributed by atoms with E-state index in [1.807, 2.05) is 17.1 Å². The predicted octanol–water partition coefficient (Wildman–Crippen LogP) is 0.603. The Morgan fingerprint density at radius 2 is 2.33 bits per heavy atom. The Bertz CT molecular complexity index is 374. The monoisotopic (exact) mass is 254 g/mol. The van der Waals surface area contributed by atoms with E-state index in [1.54, 1.807) is 7.11 Å². The van der Waals surface area contributed by atoms with Gasteiger partial charge >= 0.3 is 0 Å². The molecule has 1 aromatic heterocycles. The van der Waals surface area contributed by atoms with Gasteiger partial charge in [-0.15, -0.1) is 0 Å². The number of hydrazine groups is 1. The van der Waals surface area contributed by atoms with E-state index in [0.29, 0.717) is 13.2 Å². The Labute approximate surface area is 107 Å². The highest BCUT2D eigenvalue weighted by molar-refractivity contribution is 5.16. The van der Waals surface area contributed by atoms with Gasteiger partial charge in [0.05, 0.1) is 17.8 Å². The van der Waals surface area contributed by atoms with Crippen LogP contribution in [0.5, 0.6) is 0 Å². The van der Waals surface area contributed by atoms with Crippen LogP contribution in [0.3, 0.4) is 0 Å². The van der Waals surface area contributed by atoms with Gasteiger partial charge in [-0.25, -0.2) is 5.43 Å². The normalized spacial score (nSPS) is 20.8. The molecular weight excluding hydrogens is 232 g/mol. The fourth-order valence-corrected chi connectivity index (χ4v) is 2.58. The van der Waals surface area contributed by atoms with Gasteiger partial charge in [-0.2, -0.15) is 5.10 Å². The summed E-state index contributed by atoms with van der Waals surface area (Å²) in [5.41, 5.74) is 3.63. The number of aryl methyl sites for hydroxylation is 1. The zero-order valence-corrected chi connectivity index (χ0v) is 11.1. The number of aromatic nitrogens is 2. The molecule has 0 bridgehead atoms. The second kappa shape index (κ2) is 5.79. The molecule has 3 N–H and O–H groups in total. The first-order valence-corrected chi connectivity index (χ1v) is 6.37. The molecule has 1 aromatic rings. The largest absolute Gasteiger partial charge is 0.381 e. The molecule has 1 fully saturated rings. The highest BCUT2D eigenvalue weighted by Gasteiger charge is 2.41. The van der Waals surface area contributed by atoms with Crippen molar-refractivity contribution in [2.75, 3.05) is 20.3 Å². The average Bonchev–Trinajstić information content (AvgIpc) is 2.89. The number of ether oxygens (including phenoxy) is 2. The van der Waals surface area contributed by atoms with Crippen LogP contribution in [-0.4, -0.2) is 35.7 Å². The fraction of sp³-hybridized carbons (Fsp3) is 0.750. The predicted molar refractivity (Wildman–Crippen MR) is 67.8 cm³/mol. The van der Waals surface area contributed by atoms with Crippen molar-refractivity contribution in [3.8, 4) is 0 Å². The van der Waals surface area contributed by atoms with Crippen LogP contribution in [0.4, 0.5) is 0 Å². The van der Waals surface area contributed by atoms with Gasteiger partial charge in [-0.3, -0.25) is 10.5 Å². The van der Waals surface area contributed by atoms with Crippen molar-refractivity contribution in [3.63, 3.8) is 0 Å². The number of methoxy groups -OCH3 is 1. The number of hydrogen-bond acceptors (Lipinski definition) is 5. The minimum atomic E-state index is -0.311. The first kappa shape index (κ1) is 13.5. The minimum absolute atomic E-state index is 0.0632. The molecule has 2 heterocycles. The van der Waals surface area contributed by atoms with Gasteiger partial charge in [0.25, 0.3) is 0 Å². The number of nitrogens with two attached hydrogens (primary N) is 1. The van der Waals surface area contributed by atoms with E-state index in [2.05, 4.69) is 17.4 Å². The summed E-state index contributed by atoms with van der Waals surface area (Å²) in [5.74, 6) is 5.74. The maximum Gasteiger partial charge on any atom is 0.0930 e. The number of rotatable bonds is 5. The lowest BCUT2D eigenvalue weighted by Crippen LogP contribution is -2.51. The lowest BCUT2D eigenvalue weighted by atomic mass is 9.83. The van der Waals surface area contributed by atoms with E-state index >= 15 is 0 Å². The molecule has 1 atom stereocenters. The third-order valence-corrected chi connectivity index (χ3v) is 3.75. The SMILES string of the molecule is CCn1cc(C(NN)C2(OC)CCOCC2)cn1. The maximum absolute atomic E-state index is 5.77. The smallest absolute Gasteiger partial charge is 0.0930 e. The van der Waals surface area contributed by atoms with Crippen molar-refractivity contribution in [3.05, 3.63) is 18.0 Å². The lowest BCUT2D eigenvalue weighted by molar-refractivity contribution is -0.111. The van der Waals surface area contributed by atoms with E-state index < -0.39 is 0 Å². The summed E-state index contributed by atoms with van der Waals surface area (Å²) in [7, 11) is 1.74. The van der Waals surface area contributed by atoms with Gasteiger partial charge in [0.2, 0.25) is 0 Å². The summed E-state index contributed by atoms with van der Waals surface area (Å²) in [6.07, 6.45) is 5.52. The topological polar surface area (TPSA) is 74.3 Å². The third-order valence-electron chi connectivity index (χ3n) is 3.75. The number of nitrogens with zero attached hydrogens (tertiary/aromatic N) is 2. The van der Waals surface area contributed by atoms with E-state index in [0.717, 1.165) is 24.9 Å². The first-order valence-electron chi connectivity index (χ1n) is 6.37. The molecule has 0 amide bonds. The molecule has 6 heteroatoms.